The van der Waals surface area contributed by atoms with Gasteiger partial charge in [-0.3, -0.25) is 14.6 Å². The molecule has 3 saturated heterocycles. The molecule has 7 nitrogen and oxygen atoms in total. The van der Waals surface area contributed by atoms with E-state index in [9.17, 15) is 18.4 Å². The summed E-state index contributed by atoms with van der Waals surface area (Å²) in [5.41, 5.74) is 0.164. The van der Waals surface area contributed by atoms with Gasteiger partial charge in [0.05, 0.1) is 31.8 Å². The lowest BCUT2D eigenvalue weighted by atomic mass is 9.89. The van der Waals surface area contributed by atoms with Crippen molar-refractivity contribution in [1.82, 2.24) is 14.7 Å². The Labute approximate surface area is 205 Å². The second-order valence-electron chi connectivity index (χ2n) is 10.6. The van der Waals surface area contributed by atoms with Gasteiger partial charge in [0, 0.05) is 12.0 Å². The minimum atomic E-state index is -2.60. The molecule has 35 heavy (non-hydrogen) atoms. The van der Waals surface area contributed by atoms with Crippen molar-refractivity contribution in [2.75, 3.05) is 39.4 Å². The summed E-state index contributed by atoms with van der Waals surface area (Å²) in [5, 5.41) is 0. The zero-order valence-electron chi connectivity index (χ0n) is 20.3. The van der Waals surface area contributed by atoms with E-state index in [0.717, 1.165) is 18.5 Å². The van der Waals surface area contributed by atoms with Crippen LogP contribution >= 0.6 is 0 Å². The molecule has 3 aliphatic heterocycles. The van der Waals surface area contributed by atoms with Gasteiger partial charge in [0.2, 0.25) is 5.91 Å². The van der Waals surface area contributed by atoms with Crippen LogP contribution in [0.25, 0.3) is 0 Å². The van der Waals surface area contributed by atoms with Crippen molar-refractivity contribution in [3.63, 3.8) is 0 Å². The lowest BCUT2D eigenvalue weighted by Crippen LogP contribution is -2.68. The van der Waals surface area contributed by atoms with Gasteiger partial charge in [-0.2, -0.15) is 0 Å². The largest absolute Gasteiger partial charge is 0.445 e. The number of hydrogen-bond donors (Lipinski definition) is 0. The minimum absolute atomic E-state index is 0.105. The number of piperidine rings is 1. The summed E-state index contributed by atoms with van der Waals surface area (Å²) in [5.74, 6) is -2.70. The normalized spacial score (nSPS) is 29.7. The fraction of sp³-hybridized carbons (Fsp3) is 0.692. The van der Waals surface area contributed by atoms with Crippen molar-refractivity contribution < 1.29 is 27.8 Å². The predicted octanol–water partition coefficient (Wildman–Crippen LogP) is 3.52. The molecule has 1 aliphatic carbocycles. The molecule has 0 N–H and O–H groups in total. The number of fused-ring (bicyclic) bond motifs is 1. The molecule has 1 aromatic carbocycles. The standard InChI is InChI=1S/C26H35F2N3O4/c1-19-23(32)31-21(8-5-12-29-13-11-25(9-10-25)26(27,28)18-29)16-34-17-22(31)14-30(19)24(33)35-15-20-6-3-2-4-7-20/h2-4,6-7,19,21-22H,5,8-18H2,1H3. The molecule has 5 rings (SSSR count). The van der Waals surface area contributed by atoms with Gasteiger partial charge in [0.15, 0.2) is 0 Å². The van der Waals surface area contributed by atoms with Crippen LogP contribution in [-0.2, 0) is 20.9 Å². The third-order valence-corrected chi connectivity index (χ3v) is 8.30. The molecule has 3 unspecified atom stereocenters. The smallest absolute Gasteiger partial charge is 0.410 e. The van der Waals surface area contributed by atoms with Crippen LogP contribution in [0.2, 0.25) is 0 Å². The molecule has 2 amide bonds. The van der Waals surface area contributed by atoms with Gasteiger partial charge < -0.3 is 14.4 Å². The monoisotopic (exact) mass is 491 g/mol. The molecule has 3 atom stereocenters. The summed E-state index contributed by atoms with van der Waals surface area (Å²) in [4.78, 5) is 31.3. The van der Waals surface area contributed by atoms with Crippen molar-refractivity contribution in [3.8, 4) is 0 Å². The van der Waals surface area contributed by atoms with E-state index >= 15 is 0 Å². The van der Waals surface area contributed by atoms with Gasteiger partial charge in [0.25, 0.3) is 5.92 Å². The van der Waals surface area contributed by atoms with Crippen LogP contribution < -0.4 is 0 Å². The van der Waals surface area contributed by atoms with Gasteiger partial charge in [-0.05, 0) is 57.7 Å². The summed E-state index contributed by atoms with van der Waals surface area (Å²) >= 11 is 0. The highest BCUT2D eigenvalue weighted by molar-refractivity contribution is 5.87. The first-order valence-corrected chi connectivity index (χ1v) is 12.8. The summed E-state index contributed by atoms with van der Waals surface area (Å²) in [7, 11) is 0. The number of benzene rings is 1. The number of hydrogen-bond acceptors (Lipinski definition) is 5. The zero-order valence-corrected chi connectivity index (χ0v) is 20.3. The first-order valence-electron chi connectivity index (χ1n) is 12.8. The number of ether oxygens (including phenoxy) is 2. The molecule has 0 radical (unpaired) electrons. The number of amides is 2. The molecule has 1 spiro atoms. The molecule has 4 fully saturated rings. The number of nitrogens with zero attached hydrogens (tertiary/aromatic N) is 3. The van der Waals surface area contributed by atoms with E-state index < -0.39 is 23.5 Å². The average molecular weight is 492 g/mol. The highest BCUT2D eigenvalue weighted by Gasteiger charge is 2.63. The van der Waals surface area contributed by atoms with E-state index in [-0.39, 0.29) is 31.1 Å². The number of likely N-dealkylation sites (tertiary alicyclic amines) is 1. The number of carbonyl (C=O) groups excluding carboxylic acids is 2. The number of morpholine rings is 1. The van der Waals surface area contributed by atoms with E-state index in [1.807, 2.05) is 40.1 Å². The van der Waals surface area contributed by atoms with Crippen LogP contribution in [0.5, 0.6) is 0 Å². The van der Waals surface area contributed by atoms with Gasteiger partial charge >= 0.3 is 6.09 Å². The Bertz CT molecular complexity index is 926. The molecule has 9 heteroatoms. The van der Waals surface area contributed by atoms with Gasteiger partial charge in [-0.1, -0.05) is 30.3 Å². The summed E-state index contributed by atoms with van der Waals surface area (Å²) in [6, 6.07) is 8.48. The number of piperazine rings is 1. The summed E-state index contributed by atoms with van der Waals surface area (Å²) < 4.78 is 40.2. The maximum Gasteiger partial charge on any atom is 0.410 e. The lowest BCUT2D eigenvalue weighted by Gasteiger charge is -2.49. The molecule has 1 saturated carbocycles. The molecule has 4 aliphatic rings. The van der Waals surface area contributed by atoms with Gasteiger partial charge in [-0.25, -0.2) is 13.6 Å². The molecule has 0 aromatic heterocycles. The fourth-order valence-electron chi connectivity index (χ4n) is 5.88. The van der Waals surface area contributed by atoms with Crippen LogP contribution in [0.1, 0.15) is 44.6 Å². The summed E-state index contributed by atoms with van der Waals surface area (Å²) in [6.45, 7) is 4.22. The van der Waals surface area contributed by atoms with E-state index in [1.54, 1.807) is 6.92 Å². The Morgan fingerprint density at radius 1 is 1.17 bits per heavy atom. The molecule has 192 valence electrons. The third kappa shape index (κ3) is 4.89. The van der Waals surface area contributed by atoms with E-state index in [1.165, 1.54) is 4.90 Å². The van der Waals surface area contributed by atoms with Crippen LogP contribution in [0.3, 0.4) is 0 Å². The number of halogens is 2. The summed E-state index contributed by atoms with van der Waals surface area (Å²) in [6.07, 6.45) is 2.80. The molecule has 0 bridgehead atoms. The topological polar surface area (TPSA) is 62.3 Å². The molecule has 3 heterocycles. The SMILES string of the molecule is CC1C(=O)N2C(CCCN3CCC4(CC4)C(F)(F)C3)COCC2CN1C(=O)OCc1ccccc1. The molecule has 1 aromatic rings. The maximum absolute atomic E-state index is 14.5. The van der Waals surface area contributed by atoms with Gasteiger partial charge in [0.1, 0.15) is 12.6 Å². The van der Waals surface area contributed by atoms with Crippen molar-refractivity contribution in [1.29, 1.82) is 0 Å². The lowest BCUT2D eigenvalue weighted by molar-refractivity contribution is -0.161. The third-order valence-electron chi connectivity index (χ3n) is 8.30. The number of carbonyl (C=O) groups is 2. The zero-order chi connectivity index (χ0) is 24.6. The number of rotatable bonds is 6. The predicted molar refractivity (Wildman–Crippen MR) is 125 cm³/mol. The quantitative estimate of drug-likeness (QED) is 0.610. The van der Waals surface area contributed by atoms with Gasteiger partial charge in [-0.15, -0.1) is 0 Å². The first kappa shape index (κ1) is 24.4. The van der Waals surface area contributed by atoms with Crippen molar-refractivity contribution in [2.24, 2.45) is 5.41 Å². The Kier molecular flexibility index (Phi) is 6.74. The molecular weight excluding hydrogens is 456 g/mol. The van der Waals surface area contributed by atoms with Crippen LogP contribution in [0, 0.1) is 5.41 Å². The van der Waals surface area contributed by atoms with Crippen molar-refractivity contribution >= 4 is 12.0 Å². The second kappa shape index (κ2) is 9.65. The fourth-order valence-corrected chi connectivity index (χ4v) is 5.88. The van der Waals surface area contributed by atoms with Crippen LogP contribution in [0.4, 0.5) is 13.6 Å². The van der Waals surface area contributed by atoms with E-state index in [0.29, 0.717) is 52.0 Å². The van der Waals surface area contributed by atoms with Crippen molar-refractivity contribution in [3.05, 3.63) is 35.9 Å². The Morgan fingerprint density at radius 3 is 2.66 bits per heavy atom. The Balaban J connectivity index is 1.13. The first-order chi connectivity index (χ1) is 16.8. The maximum atomic E-state index is 14.5. The second-order valence-corrected chi connectivity index (χ2v) is 10.6. The van der Waals surface area contributed by atoms with Crippen LogP contribution in [0.15, 0.2) is 30.3 Å². The Hall–Kier alpha value is -2.26. The number of alkyl halides is 2. The van der Waals surface area contributed by atoms with Crippen molar-refractivity contribution in [2.45, 2.75) is 69.7 Å². The molecular formula is C26H35F2N3O4. The Morgan fingerprint density at radius 2 is 1.94 bits per heavy atom. The van der Waals surface area contributed by atoms with Crippen LogP contribution in [-0.4, -0.2) is 90.1 Å². The highest BCUT2D eigenvalue weighted by atomic mass is 19.3. The highest BCUT2D eigenvalue weighted by Crippen LogP contribution is 2.61. The van der Waals surface area contributed by atoms with E-state index in [2.05, 4.69) is 0 Å². The minimum Gasteiger partial charge on any atom is -0.445 e. The van der Waals surface area contributed by atoms with E-state index in [4.69, 9.17) is 9.47 Å². The average Bonchev–Trinajstić information content (AvgIpc) is 3.64.